The maximum Gasteiger partial charge on any atom is 0.00942 e. The lowest BCUT2D eigenvalue weighted by Crippen LogP contribution is -1.96. The molecule has 60 valence electrons. The van der Waals surface area contributed by atoms with E-state index >= 15 is 0 Å². The highest BCUT2D eigenvalue weighted by Crippen LogP contribution is 2.12. The first-order valence-corrected chi connectivity index (χ1v) is 5.15. The Morgan fingerprint density at radius 2 is 2.20 bits per heavy atom. The van der Waals surface area contributed by atoms with Gasteiger partial charge in [0, 0.05) is 5.33 Å². The molecule has 0 aromatic heterocycles. The quantitative estimate of drug-likeness (QED) is 0.352. The summed E-state index contributed by atoms with van der Waals surface area (Å²) < 4.78 is 0. The predicted octanol–water partition coefficient (Wildman–Crippen LogP) is 3.76. The molecule has 0 saturated carbocycles. The molecule has 0 spiro atoms. The summed E-state index contributed by atoms with van der Waals surface area (Å²) in [5, 5.41) is 1.07. The summed E-state index contributed by atoms with van der Waals surface area (Å²) in [4.78, 5) is 0. The summed E-state index contributed by atoms with van der Waals surface area (Å²) in [6, 6.07) is 0. The fraction of sp³-hybridized carbons (Fsp3) is 0.778. The van der Waals surface area contributed by atoms with Gasteiger partial charge in [0.15, 0.2) is 0 Å². The molecular weight excluding hydrogens is 188 g/mol. The van der Waals surface area contributed by atoms with Crippen LogP contribution in [0, 0.1) is 5.92 Å². The molecule has 0 rings (SSSR count). The highest BCUT2D eigenvalue weighted by atomic mass is 79.9. The van der Waals surface area contributed by atoms with Crippen molar-refractivity contribution in [2.24, 2.45) is 5.92 Å². The summed E-state index contributed by atoms with van der Waals surface area (Å²) in [7, 11) is 0. The van der Waals surface area contributed by atoms with Crippen LogP contribution in [0.2, 0.25) is 0 Å². The first-order valence-electron chi connectivity index (χ1n) is 4.03. The van der Waals surface area contributed by atoms with Gasteiger partial charge in [-0.15, -0.1) is 6.58 Å². The third kappa shape index (κ3) is 5.04. The minimum atomic E-state index is 0.687. The van der Waals surface area contributed by atoms with E-state index in [2.05, 4.69) is 29.4 Å². The molecule has 1 heteroatoms. The van der Waals surface area contributed by atoms with E-state index < -0.39 is 0 Å². The number of rotatable bonds is 6. The number of unbranched alkanes of at least 4 members (excludes halogenated alkanes) is 2. The molecule has 10 heavy (non-hydrogen) atoms. The van der Waals surface area contributed by atoms with Crippen LogP contribution >= 0.6 is 15.9 Å². The smallest absolute Gasteiger partial charge is 0.00942 e. The monoisotopic (exact) mass is 204 g/mol. The van der Waals surface area contributed by atoms with E-state index in [1.165, 1.54) is 25.7 Å². The number of hydrogen-bond donors (Lipinski definition) is 0. The van der Waals surface area contributed by atoms with Crippen LogP contribution in [-0.4, -0.2) is 5.33 Å². The molecule has 0 saturated heterocycles. The highest BCUT2D eigenvalue weighted by Gasteiger charge is 1.99. The van der Waals surface area contributed by atoms with Crippen molar-refractivity contribution < 1.29 is 0 Å². The van der Waals surface area contributed by atoms with Crippen LogP contribution in [0.3, 0.4) is 0 Å². The number of alkyl halides is 1. The van der Waals surface area contributed by atoms with E-state index in [0.29, 0.717) is 5.92 Å². The molecule has 1 unspecified atom stereocenters. The summed E-state index contributed by atoms with van der Waals surface area (Å²) in [5.41, 5.74) is 0. The zero-order valence-corrected chi connectivity index (χ0v) is 8.36. The minimum Gasteiger partial charge on any atom is -0.103 e. The van der Waals surface area contributed by atoms with E-state index in [-0.39, 0.29) is 0 Å². The van der Waals surface area contributed by atoms with Crippen LogP contribution in [-0.2, 0) is 0 Å². The van der Waals surface area contributed by atoms with Gasteiger partial charge < -0.3 is 0 Å². The zero-order chi connectivity index (χ0) is 7.82. The zero-order valence-electron chi connectivity index (χ0n) is 6.78. The average Bonchev–Trinajstić information content (AvgIpc) is 1.99. The molecule has 0 heterocycles. The lowest BCUT2D eigenvalue weighted by molar-refractivity contribution is 0.585. The van der Waals surface area contributed by atoms with Crippen LogP contribution in [0.1, 0.15) is 32.6 Å². The van der Waals surface area contributed by atoms with Crippen molar-refractivity contribution in [2.45, 2.75) is 32.6 Å². The van der Waals surface area contributed by atoms with Gasteiger partial charge in [-0.1, -0.05) is 48.2 Å². The second-order valence-electron chi connectivity index (χ2n) is 2.65. The molecule has 0 bridgehead atoms. The molecule has 0 aliphatic rings. The van der Waals surface area contributed by atoms with Gasteiger partial charge in [0.05, 0.1) is 0 Å². The lowest BCUT2D eigenvalue weighted by Gasteiger charge is -2.06. The first-order chi connectivity index (χ1) is 4.85. The molecule has 0 aliphatic carbocycles. The van der Waals surface area contributed by atoms with Crippen molar-refractivity contribution >= 4 is 15.9 Å². The van der Waals surface area contributed by atoms with Crippen molar-refractivity contribution in [1.82, 2.24) is 0 Å². The maximum absolute atomic E-state index is 3.78. The van der Waals surface area contributed by atoms with E-state index in [0.717, 1.165) is 5.33 Å². The van der Waals surface area contributed by atoms with Crippen molar-refractivity contribution in [1.29, 1.82) is 0 Å². The molecule has 0 amide bonds. The van der Waals surface area contributed by atoms with Gasteiger partial charge in [-0.2, -0.15) is 0 Å². The van der Waals surface area contributed by atoms with Crippen LogP contribution in [0.4, 0.5) is 0 Å². The predicted molar refractivity (Wildman–Crippen MR) is 51.6 cm³/mol. The van der Waals surface area contributed by atoms with E-state index in [1.807, 2.05) is 6.08 Å². The van der Waals surface area contributed by atoms with E-state index in [4.69, 9.17) is 0 Å². The Labute approximate surface area is 72.8 Å². The average molecular weight is 205 g/mol. The standard InChI is InChI=1S/C9H17Br/c1-3-5-6-7-9(4-2)8-10/h4,9H,2-3,5-8H2,1H3. The summed E-state index contributed by atoms with van der Waals surface area (Å²) in [6.45, 7) is 6.01. The second kappa shape index (κ2) is 7.33. The van der Waals surface area contributed by atoms with Crippen molar-refractivity contribution in [3.63, 3.8) is 0 Å². The van der Waals surface area contributed by atoms with Gasteiger partial charge in [-0.3, -0.25) is 0 Å². The van der Waals surface area contributed by atoms with Crippen molar-refractivity contribution in [2.75, 3.05) is 5.33 Å². The number of hydrogen-bond acceptors (Lipinski definition) is 0. The first kappa shape index (κ1) is 10.2. The summed E-state index contributed by atoms with van der Waals surface area (Å²) >= 11 is 3.46. The van der Waals surface area contributed by atoms with Gasteiger partial charge in [0.2, 0.25) is 0 Å². The Kier molecular flexibility index (Phi) is 7.49. The number of allylic oxidation sites excluding steroid dienone is 1. The normalized spacial score (nSPS) is 13.0. The van der Waals surface area contributed by atoms with Crippen molar-refractivity contribution in [3.05, 3.63) is 12.7 Å². The molecule has 0 N–H and O–H groups in total. The molecule has 1 atom stereocenters. The lowest BCUT2D eigenvalue weighted by atomic mass is 10.0. The van der Waals surface area contributed by atoms with Crippen LogP contribution < -0.4 is 0 Å². The fourth-order valence-corrected chi connectivity index (χ4v) is 1.50. The highest BCUT2D eigenvalue weighted by molar-refractivity contribution is 9.09. The van der Waals surface area contributed by atoms with E-state index in [1.54, 1.807) is 0 Å². The van der Waals surface area contributed by atoms with Gasteiger partial charge in [0.25, 0.3) is 0 Å². The minimum absolute atomic E-state index is 0.687. The molecule has 0 nitrogen and oxygen atoms in total. The van der Waals surface area contributed by atoms with E-state index in [9.17, 15) is 0 Å². The molecule has 0 aromatic rings. The molecule has 0 aliphatic heterocycles. The SMILES string of the molecule is C=CC(CBr)CCCCC. The van der Waals surface area contributed by atoms with Crippen LogP contribution in [0.25, 0.3) is 0 Å². The molecular formula is C9H17Br. The maximum atomic E-state index is 3.78. The van der Waals surface area contributed by atoms with Gasteiger partial charge >= 0.3 is 0 Å². The third-order valence-corrected chi connectivity index (χ3v) is 2.54. The van der Waals surface area contributed by atoms with Crippen LogP contribution in [0.5, 0.6) is 0 Å². The Morgan fingerprint density at radius 1 is 1.50 bits per heavy atom. The number of halogens is 1. The van der Waals surface area contributed by atoms with Gasteiger partial charge in [0.1, 0.15) is 0 Å². The largest absolute Gasteiger partial charge is 0.103 e. The second-order valence-corrected chi connectivity index (χ2v) is 3.29. The van der Waals surface area contributed by atoms with Crippen molar-refractivity contribution in [3.8, 4) is 0 Å². The van der Waals surface area contributed by atoms with Crippen LogP contribution in [0.15, 0.2) is 12.7 Å². The molecule has 0 aromatic carbocycles. The third-order valence-electron chi connectivity index (χ3n) is 1.71. The Balaban J connectivity index is 3.17. The van der Waals surface area contributed by atoms with Gasteiger partial charge in [-0.05, 0) is 12.3 Å². The summed E-state index contributed by atoms with van der Waals surface area (Å²) in [6.07, 6.45) is 7.36. The topological polar surface area (TPSA) is 0 Å². The Bertz CT molecular complexity index is 78.8. The summed E-state index contributed by atoms with van der Waals surface area (Å²) in [5.74, 6) is 0.687. The molecule has 0 radical (unpaired) electrons. The Morgan fingerprint density at radius 3 is 2.60 bits per heavy atom. The fourth-order valence-electron chi connectivity index (χ4n) is 0.915. The van der Waals surface area contributed by atoms with Gasteiger partial charge in [-0.25, -0.2) is 0 Å². The Hall–Kier alpha value is 0.220. The molecule has 0 fully saturated rings.